The van der Waals surface area contributed by atoms with Crippen LogP contribution in [0.3, 0.4) is 0 Å². The first-order valence-electron chi connectivity index (χ1n) is 11.2. The van der Waals surface area contributed by atoms with Gasteiger partial charge in [0.1, 0.15) is 23.5 Å². The summed E-state index contributed by atoms with van der Waals surface area (Å²) in [5, 5.41) is 7.63. The summed E-state index contributed by atoms with van der Waals surface area (Å²) in [5.41, 5.74) is 4.76. The molecule has 0 aliphatic heterocycles. The predicted molar refractivity (Wildman–Crippen MR) is 119 cm³/mol. The van der Waals surface area contributed by atoms with E-state index in [0.29, 0.717) is 5.56 Å². The summed E-state index contributed by atoms with van der Waals surface area (Å²) in [7, 11) is 0. The summed E-state index contributed by atoms with van der Waals surface area (Å²) in [5.74, 6) is -3.94. The average molecular weight is 510 g/mol. The van der Waals surface area contributed by atoms with Gasteiger partial charge in [-0.25, -0.2) is 18.6 Å². The Kier molecular flexibility index (Phi) is 9.40. The molecule has 2 rings (SSSR count). The number of carbonyl (C=O) groups excluding carboxylic acids is 2. The Hall–Kier alpha value is -2.54. The first-order valence-corrected chi connectivity index (χ1v) is 11.2. The van der Waals surface area contributed by atoms with Gasteiger partial charge in [-0.3, -0.25) is 4.79 Å². The number of nitrogens with one attached hydrogen (secondary N) is 3. The molecule has 1 fully saturated rings. The Morgan fingerprint density at radius 2 is 1.86 bits per heavy atom. The SMILES string of the molecule is CC(C)(C)OC(=O)N[C@H](C(=O)Nc1cc(CNC[C@H](N)C(F)(F)F)ccn1)C1CCC(F)(F)CC1. The highest BCUT2D eigenvalue weighted by molar-refractivity contribution is 5.96. The van der Waals surface area contributed by atoms with E-state index >= 15 is 0 Å². The lowest BCUT2D eigenvalue weighted by molar-refractivity contribution is -0.146. The van der Waals surface area contributed by atoms with E-state index in [0.717, 1.165) is 0 Å². The number of ether oxygens (including phenoxy) is 1. The van der Waals surface area contributed by atoms with E-state index in [1.165, 1.54) is 12.3 Å². The van der Waals surface area contributed by atoms with E-state index in [1.807, 2.05) is 0 Å². The van der Waals surface area contributed by atoms with Gasteiger partial charge in [0.25, 0.3) is 0 Å². The van der Waals surface area contributed by atoms with E-state index in [4.69, 9.17) is 10.5 Å². The Morgan fingerprint density at radius 1 is 1.23 bits per heavy atom. The van der Waals surface area contributed by atoms with Crippen molar-refractivity contribution in [1.82, 2.24) is 15.6 Å². The number of nitrogens with two attached hydrogens (primary N) is 1. The van der Waals surface area contributed by atoms with Crippen molar-refractivity contribution in [3.63, 3.8) is 0 Å². The number of hydrogen-bond donors (Lipinski definition) is 4. The van der Waals surface area contributed by atoms with Crippen LogP contribution < -0.4 is 21.7 Å². The Labute approximate surface area is 200 Å². The number of carbonyl (C=O) groups is 2. The molecule has 0 radical (unpaired) electrons. The van der Waals surface area contributed by atoms with Crippen LogP contribution in [0.5, 0.6) is 0 Å². The number of pyridine rings is 1. The van der Waals surface area contributed by atoms with Crippen LogP contribution in [0.2, 0.25) is 0 Å². The largest absolute Gasteiger partial charge is 0.444 e. The maximum absolute atomic E-state index is 13.6. The van der Waals surface area contributed by atoms with Crippen molar-refractivity contribution in [2.24, 2.45) is 11.7 Å². The highest BCUT2D eigenvalue weighted by Gasteiger charge is 2.41. The Morgan fingerprint density at radius 3 is 2.43 bits per heavy atom. The summed E-state index contributed by atoms with van der Waals surface area (Å²) in [6.07, 6.45) is -4.79. The molecule has 0 spiro atoms. The fourth-order valence-electron chi connectivity index (χ4n) is 3.57. The van der Waals surface area contributed by atoms with Gasteiger partial charge in [-0.15, -0.1) is 0 Å². The van der Waals surface area contributed by atoms with Gasteiger partial charge < -0.3 is 26.4 Å². The van der Waals surface area contributed by atoms with Crippen LogP contribution in [-0.2, 0) is 16.1 Å². The van der Waals surface area contributed by atoms with Crippen molar-refractivity contribution in [1.29, 1.82) is 0 Å². The van der Waals surface area contributed by atoms with Crippen molar-refractivity contribution >= 4 is 17.8 Å². The van der Waals surface area contributed by atoms with Gasteiger partial charge in [0.2, 0.25) is 11.8 Å². The van der Waals surface area contributed by atoms with Crippen LogP contribution in [-0.4, -0.2) is 53.3 Å². The third-order valence-corrected chi connectivity index (χ3v) is 5.38. The summed E-state index contributed by atoms with van der Waals surface area (Å²) < 4.78 is 70.1. The molecule has 1 saturated carbocycles. The number of nitrogens with zero attached hydrogens (tertiary/aromatic N) is 1. The van der Waals surface area contributed by atoms with Crippen molar-refractivity contribution in [2.75, 3.05) is 11.9 Å². The molecule has 198 valence electrons. The normalized spacial score (nSPS) is 18.4. The van der Waals surface area contributed by atoms with Crippen molar-refractivity contribution < 1.29 is 36.3 Å². The number of alkyl carbamates (subject to hydrolysis) is 1. The zero-order chi connectivity index (χ0) is 26.4. The molecule has 2 atom stereocenters. The third-order valence-electron chi connectivity index (χ3n) is 5.38. The van der Waals surface area contributed by atoms with E-state index < -0.39 is 67.1 Å². The molecule has 0 bridgehead atoms. The first-order chi connectivity index (χ1) is 16.1. The highest BCUT2D eigenvalue weighted by Crippen LogP contribution is 2.37. The maximum atomic E-state index is 13.6. The second-order valence-corrected chi connectivity index (χ2v) is 9.63. The summed E-state index contributed by atoms with van der Waals surface area (Å²) >= 11 is 0. The van der Waals surface area contributed by atoms with Gasteiger partial charge in [-0.1, -0.05) is 0 Å². The van der Waals surface area contributed by atoms with Gasteiger partial charge in [0.05, 0.1) is 0 Å². The highest BCUT2D eigenvalue weighted by atomic mass is 19.4. The van der Waals surface area contributed by atoms with E-state index in [-0.39, 0.29) is 25.2 Å². The number of aromatic nitrogens is 1. The number of alkyl halides is 5. The van der Waals surface area contributed by atoms with E-state index in [2.05, 4.69) is 20.9 Å². The maximum Gasteiger partial charge on any atom is 0.408 e. The molecule has 1 aromatic heterocycles. The summed E-state index contributed by atoms with van der Waals surface area (Å²) in [6, 6.07) is -0.175. The number of anilines is 1. The van der Waals surface area contributed by atoms with E-state index in [9.17, 15) is 31.5 Å². The van der Waals surface area contributed by atoms with Gasteiger partial charge >= 0.3 is 12.3 Å². The standard InChI is InChI=1S/C22H32F5N5O3/c1-20(2,3)35-19(34)32-17(14-4-7-21(23,24)8-5-14)18(33)31-16-10-13(6-9-30-16)11-29-12-15(28)22(25,26)27/h6,9-10,14-15,17,29H,4-5,7-8,11-12,28H2,1-3H3,(H,32,34)(H,30,31,33)/t15-,17-/m0/s1. The minimum Gasteiger partial charge on any atom is -0.444 e. The number of halogens is 5. The van der Waals surface area contributed by atoms with Crippen LogP contribution >= 0.6 is 0 Å². The minimum atomic E-state index is -4.52. The van der Waals surface area contributed by atoms with Crippen LogP contribution in [0.4, 0.5) is 32.6 Å². The summed E-state index contributed by atoms with van der Waals surface area (Å²) in [6.45, 7) is 4.48. The fraction of sp³-hybridized carbons (Fsp3) is 0.682. The zero-order valence-corrected chi connectivity index (χ0v) is 19.8. The van der Waals surface area contributed by atoms with Crippen molar-refractivity contribution in [3.8, 4) is 0 Å². The van der Waals surface area contributed by atoms with Crippen LogP contribution in [0, 0.1) is 5.92 Å². The number of rotatable bonds is 8. The number of amides is 2. The molecule has 8 nitrogen and oxygen atoms in total. The van der Waals surface area contributed by atoms with Crippen LogP contribution in [0.1, 0.15) is 52.0 Å². The Bertz CT molecular complexity index is 866. The first kappa shape index (κ1) is 28.7. The lowest BCUT2D eigenvalue weighted by atomic mass is 9.81. The molecular weight excluding hydrogens is 477 g/mol. The average Bonchev–Trinajstić information content (AvgIpc) is 2.70. The molecule has 1 aromatic rings. The molecule has 0 unspecified atom stereocenters. The third kappa shape index (κ3) is 9.92. The smallest absolute Gasteiger partial charge is 0.408 e. The second-order valence-electron chi connectivity index (χ2n) is 9.63. The summed E-state index contributed by atoms with van der Waals surface area (Å²) in [4.78, 5) is 29.4. The van der Waals surface area contributed by atoms with Crippen molar-refractivity contribution in [3.05, 3.63) is 23.9 Å². The lowest BCUT2D eigenvalue weighted by Gasteiger charge is -2.33. The van der Waals surface area contributed by atoms with Gasteiger partial charge in [0, 0.05) is 32.1 Å². The quantitative estimate of drug-likeness (QED) is 0.397. The van der Waals surface area contributed by atoms with Crippen molar-refractivity contribution in [2.45, 2.75) is 82.8 Å². The molecular formula is C22H32F5N5O3. The molecule has 1 heterocycles. The molecule has 2 amide bonds. The second kappa shape index (κ2) is 11.5. The predicted octanol–water partition coefficient (Wildman–Crippen LogP) is 3.72. The zero-order valence-electron chi connectivity index (χ0n) is 19.8. The molecule has 1 aliphatic carbocycles. The molecule has 1 aliphatic rings. The van der Waals surface area contributed by atoms with Gasteiger partial charge in [-0.2, -0.15) is 13.2 Å². The monoisotopic (exact) mass is 509 g/mol. The minimum absolute atomic E-state index is 0.0255. The molecule has 0 aromatic carbocycles. The lowest BCUT2D eigenvalue weighted by Crippen LogP contribution is -2.51. The molecule has 35 heavy (non-hydrogen) atoms. The van der Waals surface area contributed by atoms with Crippen LogP contribution in [0.25, 0.3) is 0 Å². The number of hydrogen-bond acceptors (Lipinski definition) is 6. The Balaban J connectivity index is 2.06. The van der Waals surface area contributed by atoms with Gasteiger partial charge in [-0.05, 0) is 57.2 Å². The van der Waals surface area contributed by atoms with E-state index in [1.54, 1.807) is 26.8 Å². The van der Waals surface area contributed by atoms with Crippen LogP contribution in [0.15, 0.2) is 18.3 Å². The molecule has 13 heteroatoms. The topological polar surface area (TPSA) is 118 Å². The van der Waals surface area contributed by atoms with Gasteiger partial charge in [0.15, 0.2) is 0 Å². The fourth-order valence-corrected chi connectivity index (χ4v) is 3.57. The molecule has 0 saturated heterocycles. The molecule has 5 N–H and O–H groups in total.